The summed E-state index contributed by atoms with van der Waals surface area (Å²) in [6, 6.07) is 10.6. The number of ketones is 1. The molecule has 6 heteroatoms. The molecule has 0 radical (unpaired) electrons. The van der Waals surface area contributed by atoms with E-state index in [2.05, 4.69) is 10.4 Å². The molecule has 0 saturated heterocycles. The van der Waals surface area contributed by atoms with Gasteiger partial charge in [-0.1, -0.05) is 0 Å². The van der Waals surface area contributed by atoms with Gasteiger partial charge < -0.3 is 9.88 Å². The van der Waals surface area contributed by atoms with E-state index in [4.69, 9.17) is 0 Å². The number of rotatable bonds is 4. The van der Waals surface area contributed by atoms with Gasteiger partial charge in [0.2, 0.25) is 0 Å². The van der Waals surface area contributed by atoms with Gasteiger partial charge in [-0.3, -0.25) is 14.3 Å². The Hall–Kier alpha value is -3.15. The second-order valence-electron chi connectivity index (χ2n) is 5.18. The number of benzene rings is 1. The fourth-order valence-corrected chi connectivity index (χ4v) is 2.36. The molecule has 1 aromatic carbocycles. The molecular formula is C17H16N4O2. The number of amides is 1. The van der Waals surface area contributed by atoms with E-state index in [1.807, 2.05) is 29.1 Å². The molecule has 2 heterocycles. The Morgan fingerprint density at radius 3 is 2.35 bits per heavy atom. The van der Waals surface area contributed by atoms with E-state index in [9.17, 15) is 9.59 Å². The van der Waals surface area contributed by atoms with Crippen LogP contribution in [0.5, 0.6) is 0 Å². The van der Waals surface area contributed by atoms with Gasteiger partial charge in [-0.05, 0) is 43.3 Å². The maximum Gasteiger partial charge on any atom is 0.261 e. The molecule has 0 aliphatic rings. The van der Waals surface area contributed by atoms with E-state index in [-0.39, 0.29) is 11.7 Å². The summed E-state index contributed by atoms with van der Waals surface area (Å²) in [5, 5.41) is 6.99. The number of hydrogen-bond donors (Lipinski definition) is 1. The van der Waals surface area contributed by atoms with Gasteiger partial charge in [0.25, 0.3) is 5.91 Å². The van der Waals surface area contributed by atoms with Crippen LogP contribution in [0.4, 0.5) is 5.69 Å². The molecule has 0 aliphatic carbocycles. The lowest BCUT2D eigenvalue weighted by atomic mass is 10.1. The predicted molar refractivity (Wildman–Crippen MR) is 86.9 cm³/mol. The molecule has 2 aromatic heterocycles. The Balaban J connectivity index is 1.86. The van der Waals surface area contributed by atoms with Crippen LogP contribution in [0.25, 0.3) is 5.82 Å². The molecule has 0 fully saturated rings. The SMILES string of the molecule is CC(=O)c1ccc(NC(=O)c2cnn(C)c2-n2cccc2)cc1. The summed E-state index contributed by atoms with van der Waals surface area (Å²) in [7, 11) is 1.79. The zero-order valence-corrected chi connectivity index (χ0v) is 12.9. The number of Topliss-reactive ketones (excluding diaryl/α,β-unsaturated/α-hetero) is 1. The van der Waals surface area contributed by atoms with Gasteiger partial charge in [0.05, 0.1) is 6.20 Å². The minimum Gasteiger partial charge on any atom is -0.322 e. The van der Waals surface area contributed by atoms with E-state index in [0.717, 1.165) is 0 Å². The zero-order chi connectivity index (χ0) is 16.4. The first-order valence-electron chi connectivity index (χ1n) is 7.14. The minimum atomic E-state index is -0.252. The van der Waals surface area contributed by atoms with Gasteiger partial charge in [0, 0.05) is 30.7 Å². The maximum absolute atomic E-state index is 12.5. The molecule has 0 aliphatic heterocycles. The molecule has 0 atom stereocenters. The van der Waals surface area contributed by atoms with Gasteiger partial charge >= 0.3 is 0 Å². The average molecular weight is 308 g/mol. The predicted octanol–water partition coefficient (Wildman–Crippen LogP) is 2.67. The van der Waals surface area contributed by atoms with E-state index < -0.39 is 0 Å². The molecule has 1 amide bonds. The van der Waals surface area contributed by atoms with Crippen molar-refractivity contribution in [2.45, 2.75) is 6.92 Å². The molecule has 0 bridgehead atoms. The Labute approximate surface area is 133 Å². The van der Waals surface area contributed by atoms with Crippen LogP contribution in [0.2, 0.25) is 0 Å². The third-order valence-corrected chi connectivity index (χ3v) is 3.55. The van der Waals surface area contributed by atoms with Crippen LogP contribution >= 0.6 is 0 Å². The number of nitrogens with zero attached hydrogens (tertiary/aromatic N) is 3. The molecule has 116 valence electrons. The highest BCUT2D eigenvalue weighted by atomic mass is 16.1. The minimum absolute atomic E-state index is 0.00923. The first-order valence-corrected chi connectivity index (χ1v) is 7.14. The molecule has 0 spiro atoms. The van der Waals surface area contributed by atoms with E-state index in [1.165, 1.54) is 13.1 Å². The lowest BCUT2D eigenvalue weighted by molar-refractivity contribution is 0.101. The molecule has 3 aromatic rings. The maximum atomic E-state index is 12.5. The lowest BCUT2D eigenvalue weighted by Crippen LogP contribution is -2.15. The summed E-state index contributed by atoms with van der Waals surface area (Å²) in [6.45, 7) is 1.51. The quantitative estimate of drug-likeness (QED) is 0.753. The van der Waals surface area contributed by atoms with Crippen molar-refractivity contribution in [3.8, 4) is 5.82 Å². The number of aryl methyl sites for hydroxylation is 1. The standard InChI is InChI=1S/C17H16N4O2/c1-12(22)13-5-7-14(8-6-13)19-16(23)15-11-18-20(2)17(15)21-9-3-4-10-21/h3-11H,1-2H3,(H,19,23). The van der Waals surface area contributed by atoms with Crippen LogP contribution in [0.1, 0.15) is 27.6 Å². The van der Waals surface area contributed by atoms with Crippen LogP contribution in [0.15, 0.2) is 55.0 Å². The Morgan fingerprint density at radius 1 is 1.09 bits per heavy atom. The topological polar surface area (TPSA) is 68.9 Å². The molecule has 23 heavy (non-hydrogen) atoms. The molecule has 1 N–H and O–H groups in total. The van der Waals surface area contributed by atoms with Crippen LogP contribution in [0.3, 0.4) is 0 Å². The van der Waals surface area contributed by atoms with Crippen LogP contribution < -0.4 is 5.32 Å². The summed E-state index contributed by atoms with van der Waals surface area (Å²) in [5.74, 6) is 0.426. The van der Waals surface area contributed by atoms with E-state index in [0.29, 0.717) is 22.6 Å². The highest BCUT2D eigenvalue weighted by Gasteiger charge is 2.17. The van der Waals surface area contributed by atoms with Crippen molar-refractivity contribution in [1.82, 2.24) is 14.3 Å². The largest absolute Gasteiger partial charge is 0.322 e. The summed E-state index contributed by atoms with van der Waals surface area (Å²) in [6.07, 6.45) is 5.25. The van der Waals surface area contributed by atoms with Crippen molar-refractivity contribution in [2.75, 3.05) is 5.32 Å². The van der Waals surface area contributed by atoms with E-state index in [1.54, 1.807) is 36.0 Å². The third-order valence-electron chi connectivity index (χ3n) is 3.55. The van der Waals surface area contributed by atoms with Gasteiger partial charge in [-0.2, -0.15) is 5.10 Å². The molecule has 6 nitrogen and oxygen atoms in total. The Bertz CT molecular complexity index is 845. The van der Waals surface area contributed by atoms with Crippen molar-refractivity contribution in [3.05, 3.63) is 66.1 Å². The lowest BCUT2D eigenvalue weighted by Gasteiger charge is -2.08. The molecular weight excluding hydrogens is 292 g/mol. The fraction of sp³-hybridized carbons (Fsp3) is 0.118. The van der Waals surface area contributed by atoms with Gasteiger partial charge in [-0.25, -0.2) is 0 Å². The smallest absolute Gasteiger partial charge is 0.261 e. The number of carbonyl (C=O) groups excluding carboxylic acids is 2. The summed E-state index contributed by atoms with van der Waals surface area (Å²) in [5.41, 5.74) is 1.71. The number of hydrogen-bond acceptors (Lipinski definition) is 3. The first-order chi connectivity index (χ1) is 11.1. The zero-order valence-electron chi connectivity index (χ0n) is 12.9. The Kier molecular flexibility index (Phi) is 3.80. The van der Waals surface area contributed by atoms with Crippen molar-refractivity contribution in [3.63, 3.8) is 0 Å². The van der Waals surface area contributed by atoms with Crippen LogP contribution in [-0.4, -0.2) is 26.0 Å². The monoisotopic (exact) mass is 308 g/mol. The third kappa shape index (κ3) is 2.91. The van der Waals surface area contributed by atoms with Gasteiger partial charge in [-0.15, -0.1) is 0 Å². The molecule has 0 unspecified atom stereocenters. The van der Waals surface area contributed by atoms with Gasteiger partial charge in [0.15, 0.2) is 5.78 Å². The van der Waals surface area contributed by atoms with E-state index >= 15 is 0 Å². The normalized spacial score (nSPS) is 10.5. The van der Waals surface area contributed by atoms with Crippen molar-refractivity contribution >= 4 is 17.4 Å². The van der Waals surface area contributed by atoms with Gasteiger partial charge in [0.1, 0.15) is 11.4 Å². The number of aromatic nitrogens is 3. The highest BCUT2D eigenvalue weighted by molar-refractivity contribution is 6.06. The van der Waals surface area contributed by atoms with Crippen LogP contribution in [-0.2, 0) is 7.05 Å². The second kappa shape index (κ2) is 5.92. The fourth-order valence-electron chi connectivity index (χ4n) is 2.36. The summed E-state index contributed by atoms with van der Waals surface area (Å²) >= 11 is 0. The average Bonchev–Trinajstić information content (AvgIpc) is 3.16. The number of carbonyl (C=O) groups is 2. The molecule has 0 saturated carbocycles. The first kappa shape index (κ1) is 14.8. The van der Waals surface area contributed by atoms with Crippen LogP contribution in [0, 0.1) is 0 Å². The Morgan fingerprint density at radius 2 is 1.74 bits per heavy atom. The second-order valence-corrected chi connectivity index (χ2v) is 5.18. The van der Waals surface area contributed by atoms with Crippen molar-refractivity contribution in [2.24, 2.45) is 7.05 Å². The number of anilines is 1. The van der Waals surface area contributed by atoms with Crippen molar-refractivity contribution < 1.29 is 9.59 Å². The summed E-state index contributed by atoms with van der Waals surface area (Å²) < 4.78 is 3.48. The summed E-state index contributed by atoms with van der Waals surface area (Å²) in [4.78, 5) is 23.8. The highest BCUT2D eigenvalue weighted by Crippen LogP contribution is 2.17. The molecule has 3 rings (SSSR count). The van der Waals surface area contributed by atoms with Crippen molar-refractivity contribution in [1.29, 1.82) is 0 Å². The number of nitrogens with one attached hydrogen (secondary N) is 1.